The zero-order chi connectivity index (χ0) is 13.8. The van der Waals surface area contributed by atoms with Crippen molar-refractivity contribution in [3.63, 3.8) is 0 Å². The number of methoxy groups -OCH3 is 1. The average molecular weight is 262 g/mol. The van der Waals surface area contributed by atoms with E-state index >= 15 is 0 Å². The maximum atomic E-state index is 5.99. The van der Waals surface area contributed by atoms with E-state index in [4.69, 9.17) is 10.5 Å². The molecule has 0 radical (unpaired) electrons. The fourth-order valence-corrected chi connectivity index (χ4v) is 3.22. The summed E-state index contributed by atoms with van der Waals surface area (Å²) in [6, 6.07) is 9.27. The van der Waals surface area contributed by atoms with Crippen LogP contribution in [0.15, 0.2) is 24.3 Å². The average Bonchev–Trinajstić information content (AvgIpc) is 2.46. The van der Waals surface area contributed by atoms with Gasteiger partial charge in [0.25, 0.3) is 0 Å². The van der Waals surface area contributed by atoms with Crippen LogP contribution in [0.1, 0.15) is 38.3 Å². The SMILES string of the molecule is COc1cccc(C(C)N2CCCC(C)C2CN)c1. The number of nitrogens with two attached hydrogens (primary N) is 1. The number of nitrogens with zero attached hydrogens (tertiary/aromatic N) is 1. The minimum atomic E-state index is 0.395. The first kappa shape index (κ1) is 14.4. The molecule has 0 aromatic heterocycles. The van der Waals surface area contributed by atoms with Crippen LogP contribution < -0.4 is 10.5 Å². The predicted octanol–water partition coefficient (Wildman–Crippen LogP) is 2.82. The molecule has 0 bridgehead atoms. The lowest BCUT2D eigenvalue weighted by molar-refractivity contribution is 0.0689. The molecule has 0 saturated carbocycles. The van der Waals surface area contributed by atoms with Crippen LogP contribution in [0.2, 0.25) is 0 Å². The van der Waals surface area contributed by atoms with E-state index in [1.54, 1.807) is 7.11 Å². The van der Waals surface area contributed by atoms with Crippen LogP contribution in [0, 0.1) is 5.92 Å². The number of benzene rings is 1. The second-order valence-corrected chi connectivity index (χ2v) is 5.61. The van der Waals surface area contributed by atoms with Gasteiger partial charge in [-0.2, -0.15) is 0 Å². The van der Waals surface area contributed by atoms with Crippen molar-refractivity contribution in [1.29, 1.82) is 0 Å². The zero-order valence-electron chi connectivity index (χ0n) is 12.3. The molecule has 1 saturated heterocycles. The molecule has 0 aliphatic carbocycles. The second-order valence-electron chi connectivity index (χ2n) is 5.61. The summed E-state index contributed by atoms with van der Waals surface area (Å²) in [5.41, 5.74) is 7.30. The van der Waals surface area contributed by atoms with Gasteiger partial charge in [0, 0.05) is 18.6 Å². The summed E-state index contributed by atoms with van der Waals surface area (Å²) in [6.45, 7) is 6.48. The Bertz CT molecular complexity index is 407. The standard InChI is InChI=1S/C16H26N2O/c1-12-6-5-9-18(16(12)11-17)13(2)14-7-4-8-15(10-14)19-3/h4,7-8,10,12-13,16H,5-6,9,11,17H2,1-3H3. The molecule has 2 N–H and O–H groups in total. The van der Waals surface area contributed by atoms with Crippen molar-refractivity contribution in [2.45, 2.75) is 38.8 Å². The fourth-order valence-electron chi connectivity index (χ4n) is 3.22. The topological polar surface area (TPSA) is 38.5 Å². The molecular weight excluding hydrogens is 236 g/mol. The van der Waals surface area contributed by atoms with E-state index in [-0.39, 0.29) is 0 Å². The first-order valence-corrected chi connectivity index (χ1v) is 7.27. The quantitative estimate of drug-likeness (QED) is 0.907. The molecule has 3 unspecified atom stereocenters. The summed E-state index contributed by atoms with van der Waals surface area (Å²) >= 11 is 0. The predicted molar refractivity (Wildman–Crippen MR) is 79.4 cm³/mol. The maximum Gasteiger partial charge on any atom is 0.119 e. The normalized spacial score (nSPS) is 26.1. The Morgan fingerprint density at radius 2 is 2.26 bits per heavy atom. The second kappa shape index (κ2) is 6.40. The van der Waals surface area contributed by atoms with Crippen molar-refractivity contribution < 1.29 is 4.74 Å². The minimum absolute atomic E-state index is 0.395. The van der Waals surface area contributed by atoms with E-state index in [0.29, 0.717) is 18.0 Å². The number of rotatable bonds is 4. The van der Waals surface area contributed by atoms with Crippen molar-refractivity contribution in [2.24, 2.45) is 11.7 Å². The summed E-state index contributed by atoms with van der Waals surface area (Å²) in [5.74, 6) is 1.62. The van der Waals surface area contributed by atoms with Gasteiger partial charge in [0.1, 0.15) is 5.75 Å². The number of hydrogen-bond donors (Lipinski definition) is 1. The third-order valence-electron chi connectivity index (χ3n) is 4.47. The van der Waals surface area contributed by atoms with Gasteiger partial charge in [-0.25, -0.2) is 0 Å². The molecule has 106 valence electrons. The Morgan fingerprint density at radius 1 is 1.47 bits per heavy atom. The lowest BCUT2D eigenvalue weighted by Gasteiger charge is -2.43. The van der Waals surface area contributed by atoms with Crippen molar-refractivity contribution in [1.82, 2.24) is 4.90 Å². The summed E-state index contributed by atoms with van der Waals surface area (Å²) in [5, 5.41) is 0. The summed E-state index contributed by atoms with van der Waals surface area (Å²) < 4.78 is 5.32. The maximum absolute atomic E-state index is 5.99. The minimum Gasteiger partial charge on any atom is -0.497 e. The Hall–Kier alpha value is -1.06. The van der Waals surface area contributed by atoms with Gasteiger partial charge in [-0.3, -0.25) is 4.90 Å². The molecule has 1 fully saturated rings. The Kier molecular flexibility index (Phi) is 4.83. The molecule has 3 atom stereocenters. The van der Waals surface area contributed by atoms with Crippen LogP contribution in [0.25, 0.3) is 0 Å². The highest BCUT2D eigenvalue weighted by atomic mass is 16.5. The Balaban J connectivity index is 2.18. The van der Waals surface area contributed by atoms with E-state index in [9.17, 15) is 0 Å². The van der Waals surface area contributed by atoms with Gasteiger partial charge in [-0.05, 0) is 49.9 Å². The highest BCUT2D eigenvalue weighted by Crippen LogP contribution is 2.32. The molecule has 19 heavy (non-hydrogen) atoms. The smallest absolute Gasteiger partial charge is 0.119 e. The lowest BCUT2D eigenvalue weighted by atomic mass is 9.88. The van der Waals surface area contributed by atoms with E-state index in [1.807, 2.05) is 6.07 Å². The van der Waals surface area contributed by atoms with Crippen LogP contribution in [0.5, 0.6) is 5.75 Å². The van der Waals surface area contributed by atoms with Gasteiger partial charge < -0.3 is 10.5 Å². The van der Waals surface area contributed by atoms with Crippen LogP contribution in [0.3, 0.4) is 0 Å². The van der Waals surface area contributed by atoms with Crippen molar-refractivity contribution in [3.8, 4) is 5.75 Å². The van der Waals surface area contributed by atoms with E-state index in [2.05, 4.69) is 36.9 Å². The highest BCUT2D eigenvalue weighted by Gasteiger charge is 2.31. The fraction of sp³-hybridized carbons (Fsp3) is 0.625. The van der Waals surface area contributed by atoms with Crippen molar-refractivity contribution in [2.75, 3.05) is 20.2 Å². The molecule has 2 rings (SSSR count). The highest BCUT2D eigenvalue weighted by molar-refractivity contribution is 5.30. The Labute approximate surface area is 116 Å². The van der Waals surface area contributed by atoms with E-state index in [1.165, 1.54) is 18.4 Å². The van der Waals surface area contributed by atoms with Gasteiger partial charge in [-0.1, -0.05) is 19.1 Å². The van der Waals surface area contributed by atoms with Crippen LogP contribution >= 0.6 is 0 Å². The van der Waals surface area contributed by atoms with Gasteiger partial charge in [0.15, 0.2) is 0 Å². The molecule has 1 aromatic carbocycles. The molecule has 3 nitrogen and oxygen atoms in total. The molecule has 1 aliphatic rings. The van der Waals surface area contributed by atoms with Gasteiger partial charge in [0.05, 0.1) is 7.11 Å². The first-order valence-electron chi connectivity index (χ1n) is 7.27. The van der Waals surface area contributed by atoms with Gasteiger partial charge in [0.2, 0.25) is 0 Å². The van der Waals surface area contributed by atoms with Crippen molar-refractivity contribution >= 4 is 0 Å². The number of piperidine rings is 1. The summed E-state index contributed by atoms with van der Waals surface area (Å²) in [6.07, 6.45) is 2.56. The van der Waals surface area contributed by atoms with Gasteiger partial charge in [-0.15, -0.1) is 0 Å². The number of ether oxygens (including phenoxy) is 1. The molecule has 3 heteroatoms. The number of hydrogen-bond acceptors (Lipinski definition) is 3. The lowest BCUT2D eigenvalue weighted by Crippen LogP contribution is -2.49. The Morgan fingerprint density at radius 3 is 2.95 bits per heavy atom. The van der Waals surface area contributed by atoms with E-state index < -0.39 is 0 Å². The summed E-state index contributed by atoms with van der Waals surface area (Å²) in [7, 11) is 1.72. The van der Waals surface area contributed by atoms with Crippen LogP contribution in [-0.4, -0.2) is 31.1 Å². The third kappa shape index (κ3) is 3.10. The molecule has 0 amide bonds. The summed E-state index contributed by atoms with van der Waals surface area (Å²) in [4.78, 5) is 2.56. The molecule has 1 aromatic rings. The monoisotopic (exact) mass is 262 g/mol. The molecule has 0 spiro atoms. The van der Waals surface area contributed by atoms with Gasteiger partial charge >= 0.3 is 0 Å². The van der Waals surface area contributed by atoms with Crippen LogP contribution in [-0.2, 0) is 0 Å². The molecule has 1 aliphatic heterocycles. The van der Waals surface area contributed by atoms with Crippen LogP contribution in [0.4, 0.5) is 0 Å². The molecule has 1 heterocycles. The van der Waals surface area contributed by atoms with Crippen molar-refractivity contribution in [3.05, 3.63) is 29.8 Å². The van der Waals surface area contributed by atoms with E-state index in [0.717, 1.165) is 18.8 Å². The third-order valence-corrected chi connectivity index (χ3v) is 4.47. The number of likely N-dealkylation sites (tertiary alicyclic amines) is 1. The first-order chi connectivity index (χ1) is 9.17. The zero-order valence-corrected chi connectivity index (χ0v) is 12.3. The molecular formula is C16H26N2O. The largest absolute Gasteiger partial charge is 0.497 e.